The molecule has 0 aromatic heterocycles. The number of ether oxygens (including phenoxy) is 1. The summed E-state index contributed by atoms with van der Waals surface area (Å²) in [5, 5.41) is 26.2. The molecule has 0 unspecified atom stereocenters. The number of nitrogens with one attached hydrogen (secondary N) is 2. The van der Waals surface area contributed by atoms with E-state index in [4.69, 9.17) is 4.74 Å². The summed E-state index contributed by atoms with van der Waals surface area (Å²) in [6.07, 6.45) is -0.282. The number of methoxy groups -OCH3 is 1. The van der Waals surface area contributed by atoms with Crippen LogP contribution < -0.4 is 25.4 Å². The molecule has 0 saturated carbocycles. The highest BCUT2D eigenvalue weighted by molar-refractivity contribution is 5.94. The predicted octanol–water partition coefficient (Wildman–Crippen LogP) is -2.46. The number of hydrogen-bond donors (Lipinski definition) is 3. The minimum Gasteiger partial charge on any atom is -0.544 e. The number of carboxylic acids is 1. The van der Waals surface area contributed by atoms with E-state index in [1.165, 1.54) is 30.2 Å². The normalized spacial score (nSPS) is 11.9. The molecule has 150 valence electrons. The number of nitrogens with two attached hydrogens (primary N) is 1. The van der Waals surface area contributed by atoms with E-state index >= 15 is 0 Å². The van der Waals surface area contributed by atoms with Crippen LogP contribution in [0.25, 0.3) is 0 Å². The van der Waals surface area contributed by atoms with Gasteiger partial charge in [-0.05, 0) is 19.9 Å². The van der Waals surface area contributed by atoms with Gasteiger partial charge in [0.15, 0.2) is 0 Å². The van der Waals surface area contributed by atoms with Crippen LogP contribution in [-0.2, 0) is 9.59 Å². The number of carbonyl (C=O) groups excluding carboxylic acids is 2. The van der Waals surface area contributed by atoms with E-state index in [9.17, 15) is 24.8 Å². The molecule has 0 radical (unpaired) electrons. The highest BCUT2D eigenvalue weighted by Gasteiger charge is 2.20. The maximum atomic E-state index is 12.2. The molecule has 1 atom stereocenters. The Bertz CT molecular complexity index is 663. The fourth-order valence-corrected chi connectivity index (χ4v) is 2.65. The van der Waals surface area contributed by atoms with Crippen LogP contribution in [-0.4, -0.2) is 56.1 Å². The van der Waals surface area contributed by atoms with Crippen LogP contribution >= 0.6 is 0 Å². The SMILES string of the molecule is CC[NH+](CC)CC[NH2+][C@H](CC(=O)Nc1ccc([N+](=O)[O-])cc1OC)C(=O)[O-]. The first-order chi connectivity index (χ1) is 12.8. The fraction of sp³-hybridized carbons (Fsp3) is 0.529. The Balaban J connectivity index is 2.69. The van der Waals surface area contributed by atoms with Gasteiger partial charge in [-0.1, -0.05) is 0 Å². The summed E-state index contributed by atoms with van der Waals surface area (Å²) < 4.78 is 5.05. The van der Waals surface area contributed by atoms with Crippen molar-refractivity contribution in [2.45, 2.75) is 26.3 Å². The molecule has 1 aromatic rings. The summed E-state index contributed by atoms with van der Waals surface area (Å²) in [6, 6.07) is 2.75. The zero-order valence-corrected chi connectivity index (χ0v) is 15.8. The van der Waals surface area contributed by atoms with Crippen molar-refractivity contribution in [1.29, 1.82) is 0 Å². The molecule has 0 spiro atoms. The zero-order chi connectivity index (χ0) is 20.4. The number of nitro benzene ring substituents is 1. The number of anilines is 1. The van der Waals surface area contributed by atoms with Gasteiger partial charge in [0.25, 0.3) is 5.69 Å². The molecule has 0 bridgehead atoms. The number of hydrogen-bond acceptors (Lipinski definition) is 6. The summed E-state index contributed by atoms with van der Waals surface area (Å²) >= 11 is 0. The maximum absolute atomic E-state index is 12.2. The van der Waals surface area contributed by atoms with Gasteiger partial charge in [0.2, 0.25) is 5.91 Å². The van der Waals surface area contributed by atoms with Crippen molar-refractivity contribution in [1.82, 2.24) is 0 Å². The van der Waals surface area contributed by atoms with E-state index in [-0.39, 0.29) is 23.5 Å². The maximum Gasteiger partial charge on any atom is 0.273 e. The highest BCUT2D eigenvalue weighted by atomic mass is 16.6. The number of aliphatic carboxylic acids is 1. The average Bonchev–Trinajstić information content (AvgIpc) is 2.64. The molecular formula is C17H27N4O6+. The lowest BCUT2D eigenvalue weighted by molar-refractivity contribution is -0.910. The summed E-state index contributed by atoms with van der Waals surface area (Å²) in [5.41, 5.74) is 0.0579. The number of likely N-dealkylation sites (N-methyl/N-ethyl adjacent to an activating group) is 1. The van der Waals surface area contributed by atoms with Crippen molar-refractivity contribution in [3.05, 3.63) is 28.3 Å². The Hall–Kier alpha value is -2.72. The second kappa shape index (κ2) is 11.1. The van der Waals surface area contributed by atoms with Crippen molar-refractivity contribution < 1.29 is 34.6 Å². The molecular weight excluding hydrogens is 356 g/mol. The largest absolute Gasteiger partial charge is 0.544 e. The summed E-state index contributed by atoms with van der Waals surface area (Å²) in [4.78, 5) is 35.1. The molecule has 10 nitrogen and oxygen atoms in total. The van der Waals surface area contributed by atoms with Gasteiger partial charge in [0.05, 0.1) is 49.3 Å². The van der Waals surface area contributed by atoms with Crippen LogP contribution in [0, 0.1) is 10.1 Å². The van der Waals surface area contributed by atoms with Crippen LogP contribution in [0.15, 0.2) is 18.2 Å². The number of carbonyl (C=O) groups is 2. The molecule has 0 heterocycles. The third-order valence-electron chi connectivity index (χ3n) is 4.33. The number of nitro groups is 1. The molecule has 0 aliphatic heterocycles. The molecule has 4 N–H and O–H groups in total. The monoisotopic (exact) mass is 383 g/mol. The quantitative estimate of drug-likeness (QED) is 0.270. The van der Waals surface area contributed by atoms with E-state index in [1.54, 1.807) is 5.32 Å². The Morgan fingerprint density at radius 2 is 2.00 bits per heavy atom. The third kappa shape index (κ3) is 7.19. The number of amides is 1. The van der Waals surface area contributed by atoms with Gasteiger partial charge in [-0.3, -0.25) is 14.9 Å². The lowest BCUT2D eigenvalue weighted by Gasteiger charge is -2.19. The minimum atomic E-state index is -1.31. The zero-order valence-electron chi connectivity index (χ0n) is 15.8. The number of non-ortho nitro benzene ring substituents is 1. The first-order valence-electron chi connectivity index (χ1n) is 8.82. The lowest BCUT2D eigenvalue weighted by Crippen LogP contribution is -3.14. The topological polar surface area (TPSA) is 143 Å². The van der Waals surface area contributed by atoms with Crippen molar-refractivity contribution in [2.24, 2.45) is 0 Å². The fourth-order valence-electron chi connectivity index (χ4n) is 2.65. The smallest absolute Gasteiger partial charge is 0.273 e. The van der Waals surface area contributed by atoms with Crippen LogP contribution in [0.1, 0.15) is 20.3 Å². The Labute approximate surface area is 157 Å². The van der Waals surface area contributed by atoms with Crippen LogP contribution in [0.5, 0.6) is 5.75 Å². The first kappa shape index (κ1) is 22.3. The molecule has 1 rings (SSSR count). The standard InChI is InChI=1S/C17H26N4O6/c1-4-20(5-2)9-8-18-14(17(23)24)11-16(22)19-13-7-6-12(21(25)26)10-15(13)27-3/h6-7,10,14,18H,4-5,8-9,11H2,1-3H3,(H,19,22)(H,23,24)/p+1/t14-/m1/s1. The highest BCUT2D eigenvalue weighted by Crippen LogP contribution is 2.29. The van der Waals surface area contributed by atoms with Crippen molar-refractivity contribution >= 4 is 23.3 Å². The molecule has 0 aliphatic rings. The third-order valence-corrected chi connectivity index (χ3v) is 4.33. The second-order valence-electron chi connectivity index (χ2n) is 6.05. The number of carboxylic acid groups (broad SMARTS) is 1. The van der Waals surface area contributed by atoms with Gasteiger partial charge in [0, 0.05) is 6.07 Å². The van der Waals surface area contributed by atoms with Crippen LogP contribution in [0.2, 0.25) is 0 Å². The number of nitrogens with zero attached hydrogens (tertiary/aromatic N) is 1. The van der Waals surface area contributed by atoms with E-state index in [2.05, 4.69) is 19.2 Å². The van der Waals surface area contributed by atoms with Crippen LogP contribution in [0.3, 0.4) is 0 Å². The predicted molar refractivity (Wildman–Crippen MR) is 95.4 cm³/mol. The minimum absolute atomic E-state index is 0.122. The molecule has 0 fully saturated rings. The van der Waals surface area contributed by atoms with E-state index < -0.39 is 22.8 Å². The Kier molecular flexibility index (Phi) is 9.17. The molecule has 27 heavy (non-hydrogen) atoms. The van der Waals surface area contributed by atoms with Gasteiger partial charge >= 0.3 is 0 Å². The number of rotatable bonds is 12. The molecule has 10 heteroatoms. The van der Waals surface area contributed by atoms with Crippen molar-refractivity contribution in [2.75, 3.05) is 38.6 Å². The van der Waals surface area contributed by atoms with Crippen molar-refractivity contribution in [3.8, 4) is 5.75 Å². The number of quaternary nitrogens is 2. The van der Waals surface area contributed by atoms with E-state index in [0.717, 1.165) is 19.6 Å². The first-order valence-corrected chi connectivity index (χ1v) is 8.82. The van der Waals surface area contributed by atoms with Gasteiger partial charge in [-0.2, -0.15) is 0 Å². The summed E-state index contributed by atoms with van der Waals surface area (Å²) in [7, 11) is 1.32. The Morgan fingerprint density at radius 1 is 1.33 bits per heavy atom. The van der Waals surface area contributed by atoms with Gasteiger partial charge in [-0.15, -0.1) is 0 Å². The average molecular weight is 383 g/mol. The van der Waals surface area contributed by atoms with Gasteiger partial charge in [0.1, 0.15) is 24.9 Å². The Morgan fingerprint density at radius 3 is 2.52 bits per heavy atom. The van der Waals surface area contributed by atoms with Gasteiger partial charge < -0.3 is 30.2 Å². The molecule has 1 aromatic carbocycles. The van der Waals surface area contributed by atoms with E-state index in [1.807, 2.05) is 0 Å². The molecule has 0 saturated heterocycles. The molecule has 0 aliphatic carbocycles. The van der Waals surface area contributed by atoms with Gasteiger partial charge in [-0.25, -0.2) is 0 Å². The summed E-state index contributed by atoms with van der Waals surface area (Å²) in [6.45, 7) is 7.35. The summed E-state index contributed by atoms with van der Waals surface area (Å²) in [5.74, 6) is -1.73. The van der Waals surface area contributed by atoms with E-state index in [0.29, 0.717) is 6.54 Å². The van der Waals surface area contributed by atoms with Crippen molar-refractivity contribution in [3.63, 3.8) is 0 Å². The lowest BCUT2D eigenvalue weighted by atomic mass is 10.2. The molecule has 1 amide bonds. The second-order valence-corrected chi connectivity index (χ2v) is 6.05. The van der Waals surface area contributed by atoms with Crippen LogP contribution in [0.4, 0.5) is 11.4 Å². The number of benzene rings is 1.